The lowest BCUT2D eigenvalue weighted by atomic mass is 9.67. The first-order valence-corrected chi connectivity index (χ1v) is 14.7. The molecular weight excluding hydrogens is 561 g/mol. The van der Waals surface area contributed by atoms with Crippen molar-refractivity contribution >= 4 is 52.5 Å². The van der Waals surface area contributed by atoms with Crippen LogP contribution in [0.2, 0.25) is 10.0 Å². The number of benzene rings is 4. The fourth-order valence-electron chi connectivity index (χ4n) is 4.32. The average Bonchev–Trinajstić information content (AvgIpc) is 2.92. The van der Waals surface area contributed by atoms with E-state index in [9.17, 15) is 13.6 Å². The van der Waals surface area contributed by atoms with E-state index in [0.29, 0.717) is 21.6 Å². The maximum Gasteiger partial charge on any atom is 0.155 e. The van der Waals surface area contributed by atoms with Gasteiger partial charge in [-0.15, -0.1) is 23.5 Å². The van der Waals surface area contributed by atoms with Gasteiger partial charge in [0.25, 0.3) is 0 Å². The molecule has 4 aromatic carbocycles. The van der Waals surface area contributed by atoms with E-state index in [4.69, 9.17) is 23.2 Å². The maximum atomic E-state index is 14.8. The first-order chi connectivity index (χ1) is 18.1. The number of hydrogen-bond acceptors (Lipinski definition) is 3. The van der Waals surface area contributed by atoms with Crippen molar-refractivity contribution in [2.45, 2.75) is 34.5 Å². The smallest absolute Gasteiger partial charge is 0.155 e. The zero-order valence-electron chi connectivity index (χ0n) is 20.9. The zero-order valence-corrected chi connectivity index (χ0v) is 24.0. The van der Waals surface area contributed by atoms with Gasteiger partial charge in [0.05, 0.1) is 10.8 Å². The van der Waals surface area contributed by atoms with E-state index < -0.39 is 10.8 Å². The van der Waals surface area contributed by atoms with Gasteiger partial charge >= 0.3 is 0 Å². The molecule has 2 atom stereocenters. The van der Waals surface area contributed by atoms with E-state index in [1.54, 1.807) is 48.5 Å². The van der Waals surface area contributed by atoms with Crippen LogP contribution in [0.5, 0.6) is 0 Å². The molecule has 0 saturated heterocycles. The Balaban J connectivity index is 1.75. The molecule has 38 heavy (non-hydrogen) atoms. The third kappa shape index (κ3) is 6.63. The van der Waals surface area contributed by atoms with Gasteiger partial charge in [-0.2, -0.15) is 0 Å². The number of Topliss-reactive ketones (excluding diaryl/α,β-unsaturated/α-hetero) is 1. The van der Waals surface area contributed by atoms with E-state index in [1.165, 1.54) is 47.8 Å². The topological polar surface area (TPSA) is 17.1 Å². The molecule has 4 aromatic rings. The summed E-state index contributed by atoms with van der Waals surface area (Å²) in [5.41, 5.74) is -0.148. The van der Waals surface area contributed by atoms with Gasteiger partial charge in [0.15, 0.2) is 5.78 Å². The van der Waals surface area contributed by atoms with Crippen molar-refractivity contribution in [3.8, 4) is 0 Å². The lowest BCUT2D eigenvalue weighted by Crippen LogP contribution is -2.49. The third-order valence-corrected chi connectivity index (χ3v) is 9.81. The van der Waals surface area contributed by atoms with Crippen molar-refractivity contribution in [1.82, 2.24) is 0 Å². The van der Waals surface area contributed by atoms with Crippen LogP contribution in [0.15, 0.2) is 107 Å². The number of carbonyl (C=O) groups is 1. The summed E-state index contributed by atoms with van der Waals surface area (Å²) in [7, 11) is 0. The van der Waals surface area contributed by atoms with Crippen molar-refractivity contribution in [2.24, 2.45) is 0 Å². The highest BCUT2D eigenvalue weighted by Gasteiger charge is 2.47. The predicted octanol–water partition coefficient (Wildman–Crippen LogP) is 9.64. The Bertz CT molecular complexity index is 1270. The molecule has 0 saturated carbocycles. The largest absolute Gasteiger partial charge is 0.298 e. The number of hydrogen-bond donors (Lipinski definition) is 0. The van der Waals surface area contributed by atoms with Gasteiger partial charge in [0, 0.05) is 31.3 Å². The fraction of sp³-hybridized carbons (Fsp3) is 0.194. The molecule has 0 heterocycles. The number of rotatable bonds is 10. The second-order valence-corrected chi connectivity index (χ2v) is 12.5. The van der Waals surface area contributed by atoms with Crippen LogP contribution < -0.4 is 0 Å². The van der Waals surface area contributed by atoms with Gasteiger partial charge in [-0.25, -0.2) is 8.78 Å². The maximum absolute atomic E-state index is 14.8. The van der Waals surface area contributed by atoms with Crippen molar-refractivity contribution < 1.29 is 13.6 Å². The number of carbonyl (C=O) groups excluding carboxylic acids is 1. The Labute approximate surface area is 241 Å². The lowest BCUT2D eigenvalue weighted by Gasteiger charge is -2.39. The molecule has 4 rings (SSSR count). The second kappa shape index (κ2) is 12.3. The Morgan fingerprint density at radius 2 is 0.921 bits per heavy atom. The molecule has 0 amide bonds. The third-order valence-electron chi connectivity index (χ3n) is 6.65. The molecule has 196 valence electrons. The standard InChI is InChI=1S/C31H26Cl2F2OS2/c1-30(21-3-7-23(32)8-4-21,19-37-27-15-11-25(34)12-16-27)29(36)31(2,22-5-9-24(33)10-6-22)20-38-28-17-13-26(35)14-18-28/h3-18H,19-20H2,1-2H3. The summed E-state index contributed by atoms with van der Waals surface area (Å²) in [5.74, 6) is 0.282. The summed E-state index contributed by atoms with van der Waals surface area (Å²) >= 11 is 15.4. The van der Waals surface area contributed by atoms with Crippen LogP contribution in [-0.4, -0.2) is 17.3 Å². The molecule has 0 N–H and O–H groups in total. The minimum atomic E-state index is -0.915. The van der Waals surface area contributed by atoms with Gasteiger partial charge in [0.2, 0.25) is 0 Å². The molecule has 0 aliphatic rings. The normalized spacial score (nSPS) is 14.5. The van der Waals surface area contributed by atoms with Crippen LogP contribution in [0.4, 0.5) is 8.78 Å². The Morgan fingerprint density at radius 3 is 1.24 bits per heavy atom. The molecule has 0 spiro atoms. The molecule has 0 aromatic heterocycles. The Kier molecular flexibility index (Phi) is 9.25. The first-order valence-electron chi connectivity index (χ1n) is 11.9. The van der Waals surface area contributed by atoms with Gasteiger partial charge < -0.3 is 0 Å². The highest BCUT2D eigenvalue weighted by Crippen LogP contribution is 2.42. The van der Waals surface area contributed by atoms with E-state index in [-0.39, 0.29) is 17.4 Å². The first kappa shape index (κ1) is 28.7. The fourth-order valence-corrected chi connectivity index (χ4v) is 6.74. The quantitative estimate of drug-likeness (QED) is 0.172. The summed E-state index contributed by atoms with van der Waals surface area (Å²) in [6.07, 6.45) is 0. The molecule has 0 radical (unpaired) electrons. The molecule has 0 aliphatic carbocycles. The summed E-state index contributed by atoms with van der Waals surface area (Å²) in [6.45, 7) is 3.90. The van der Waals surface area contributed by atoms with Crippen LogP contribution in [0.3, 0.4) is 0 Å². The van der Waals surface area contributed by atoms with Gasteiger partial charge in [-0.05, 0) is 97.8 Å². The molecule has 7 heteroatoms. The van der Waals surface area contributed by atoms with Crippen molar-refractivity contribution in [2.75, 3.05) is 11.5 Å². The minimum Gasteiger partial charge on any atom is -0.298 e. The van der Waals surface area contributed by atoms with Gasteiger partial charge in [-0.3, -0.25) is 4.79 Å². The molecule has 0 aliphatic heterocycles. The Hall–Kier alpha value is -2.31. The number of thioether (sulfide) groups is 2. The van der Waals surface area contributed by atoms with Crippen molar-refractivity contribution in [3.05, 3.63) is 130 Å². The summed E-state index contributed by atoms with van der Waals surface area (Å²) < 4.78 is 27.0. The lowest BCUT2D eigenvalue weighted by molar-refractivity contribution is -0.127. The van der Waals surface area contributed by atoms with E-state index in [0.717, 1.165) is 20.9 Å². The Morgan fingerprint density at radius 1 is 0.605 bits per heavy atom. The number of ketones is 1. The van der Waals surface area contributed by atoms with Crippen molar-refractivity contribution in [1.29, 1.82) is 0 Å². The summed E-state index contributed by atoms with van der Waals surface area (Å²) in [5, 5.41) is 1.17. The highest BCUT2D eigenvalue weighted by atomic mass is 35.5. The molecule has 0 fully saturated rings. The van der Waals surface area contributed by atoms with Crippen LogP contribution in [-0.2, 0) is 15.6 Å². The zero-order chi connectivity index (χ0) is 27.3. The molecule has 2 unspecified atom stereocenters. The van der Waals surface area contributed by atoms with Crippen LogP contribution in [0.25, 0.3) is 0 Å². The second-order valence-electron chi connectivity index (χ2n) is 9.49. The highest BCUT2D eigenvalue weighted by molar-refractivity contribution is 7.99. The predicted molar refractivity (Wildman–Crippen MR) is 157 cm³/mol. The summed E-state index contributed by atoms with van der Waals surface area (Å²) in [6, 6.07) is 27.3. The van der Waals surface area contributed by atoms with E-state index in [1.807, 2.05) is 38.1 Å². The number of halogens is 4. The molecular formula is C31H26Cl2F2OS2. The monoisotopic (exact) mass is 586 g/mol. The van der Waals surface area contributed by atoms with Crippen LogP contribution in [0.1, 0.15) is 25.0 Å². The average molecular weight is 588 g/mol. The van der Waals surface area contributed by atoms with E-state index >= 15 is 0 Å². The van der Waals surface area contributed by atoms with Crippen LogP contribution >= 0.6 is 46.7 Å². The van der Waals surface area contributed by atoms with Gasteiger partial charge in [-0.1, -0.05) is 47.5 Å². The molecule has 0 bridgehead atoms. The summed E-state index contributed by atoms with van der Waals surface area (Å²) in [4.78, 5) is 16.5. The minimum absolute atomic E-state index is 0.0267. The SMILES string of the molecule is CC(CSc1ccc(F)cc1)(C(=O)C(C)(CSc1ccc(F)cc1)c1ccc(Cl)cc1)c1ccc(Cl)cc1. The van der Waals surface area contributed by atoms with E-state index in [2.05, 4.69) is 0 Å². The molecule has 1 nitrogen and oxygen atoms in total. The van der Waals surface area contributed by atoms with Gasteiger partial charge in [0.1, 0.15) is 11.6 Å². The van der Waals surface area contributed by atoms with Crippen LogP contribution in [0, 0.1) is 11.6 Å². The van der Waals surface area contributed by atoms with Crippen molar-refractivity contribution in [3.63, 3.8) is 0 Å².